The quantitative estimate of drug-likeness (QED) is 0.0500. The maximum Gasteiger partial charge on any atom is 0.162 e. The van der Waals surface area contributed by atoms with Crippen LogP contribution in [0.4, 0.5) is 0 Å². The summed E-state index contributed by atoms with van der Waals surface area (Å²) in [7, 11) is 0. The van der Waals surface area contributed by atoms with Crippen molar-refractivity contribution < 1.29 is 64.4 Å². The first kappa shape index (κ1) is 70.7. The van der Waals surface area contributed by atoms with Gasteiger partial charge in [0, 0.05) is 126 Å². The molecule has 0 aliphatic heterocycles. The van der Waals surface area contributed by atoms with Gasteiger partial charge in [-0.15, -0.1) is 81.1 Å². The van der Waals surface area contributed by atoms with Gasteiger partial charge in [-0.25, -0.2) is 0 Å². The summed E-state index contributed by atoms with van der Waals surface area (Å²) in [6, 6.07) is 36.5. The summed E-state index contributed by atoms with van der Waals surface area (Å²) in [6.45, 7) is 33.1. The third-order valence-electron chi connectivity index (χ3n) is 15.5. The normalized spacial score (nSPS) is 11.4. The molecule has 2 N–H and O–H groups in total. The van der Waals surface area contributed by atoms with E-state index in [4.69, 9.17) is 9.40 Å². The second-order valence-electron chi connectivity index (χ2n) is 21.3. The number of rotatable bonds is 18. The molecule has 4 heterocycles. The number of aliphatic hydroxyl groups excluding tert-OH is 2. The second kappa shape index (κ2) is 34.2. The Bertz CT molecular complexity index is 3140. The smallest absolute Gasteiger partial charge is 0.162 e. The number of hydrogen-bond donors (Lipinski definition) is 2. The molecular weight excluding hydrogens is 1390 g/mol. The van der Waals surface area contributed by atoms with Gasteiger partial charge in [0.1, 0.15) is 11.3 Å². The van der Waals surface area contributed by atoms with E-state index in [1.807, 2.05) is 97.3 Å². The summed E-state index contributed by atoms with van der Waals surface area (Å²) in [4.78, 5) is 34.1. The van der Waals surface area contributed by atoms with Crippen LogP contribution in [0.2, 0.25) is 0 Å². The van der Waals surface area contributed by atoms with Crippen molar-refractivity contribution >= 4 is 44.0 Å². The van der Waals surface area contributed by atoms with Crippen molar-refractivity contribution in [3.05, 3.63) is 178 Å². The Kier molecular flexibility index (Phi) is 29.5. The summed E-state index contributed by atoms with van der Waals surface area (Å²) in [5.74, 6) is 2.02. The minimum Gasteiger partial charge on any atom is -0.512 e. The third-order valence-corrected chi connectivity index (χ3v) is 16.8. The van der Waals surface area contributed by atoms with E-state index in [1.165, 1.54) is 60.5 Å². The van der Waals surface area contributed by atoms with Crippen molar-refractivity contribution in [2.45, 2.75) is 162 Å². The molecule has 8 aromatic rings. The van der Waals surface area contributed by atoms with Gasteiger partial charge >= 0.3 is 0 Å². The van der Waals surface area contributed by atoms with Crippen molar-refractivity contribution in [2.24, 2.45) is 23.7 Å². The third kappa shape index (κ3) is 18.2. The summed E-state index contributed by atoms with van der Waals surface area (Å²) >= 11 is 1.84. The van der Waals surface area contributed by atoms with Crippen molar-refractivity contribution in [3.63, 3.8) is 0 Å². The zero-order chi connectivity index (χ0) is 58.8. The largest absolute Gasteiger partial charge is 0.512 e. The standard InChI is InChI=1S/C23H20NO.C23H20NS.2C13H24O2.2Ir/c2*1-14-11-15(2)13-18(12-14)21-23-20(9-10-24-21)17(4)22(25-23)19-8-6-5-7-16(19)3;2*1-5-10(6-2)12(14)9-13(15)11(7-3)8-4;;/h2*5-12H,1-4H3;2*9-11,14H,5-8H2,1-4H3;;/q2*-1;;;;. The van der Waals surface area contributed by atoms with Crippen LogP contribution < -0.4 is 0 Å². The molecule has 7 nitrogen and oxygen atoms in total. The molecule has 0 saturated heterocycles. The number of ketones is 2. The zero-order valence-electron chi connectivity index (χ0n) is 51.4. The molecule has 442 valence electrons. The molecule has 8 rings (SSSR count). The van der Waals surface area contributed by atoms with Crippen molar-refractivity contribution in [2.75, 3.05) is 0 Å². The number of benzene rings is 4. The van der Waals surface area contributed by atoms with Crippen LogP contribution in [-0.4, -0.2) is 31.7 Å². The summed E-state index contributed by atoms with van der Waals surface area (Å²) < 4.78 is 7.60. The Balaban J connectivity index is 0.000000294. The van der Waals surface area contributed by atoms with E-state index in [0.29, 0.717) is 0 Å². The summed E-state index contributed by atoms with van der Waals surface area (Å²) in [5.41, 5.74) is 16.9. The molecule has 0 fully saturated rings. The topological polar surface area (TPSA) is 114 Å². The fourth-order valence-electron chi connectivity index (χ4n) is 10.5. The van der Waals surface area contributed by atoms with Crippen LogP contribution in [0.15, 0.2) is 125 Å². The second-order valence-corrected chi connectivity index (χ2v) is 22.3. The molecular formula is C72H88Ir2N2O5S-2. The minimum atomic E-state index is 0. The molecule has 4 aromatic heterocycles. The fourth-order valence-corrected chi connectivity index (χ4v) is 11.8. The number of thiophene rings is 1. The number of hydrogen-bond acceptors (Lipinski definition) is 8. The number of carbonyl (C=O) groups excluding carboxylic acids is 2. The van der Waals surface area contributed by atoms with Gasteiger partial charge in [-0.3, -0.25) is 9.59 Å². The van der Waals surface area contributed by atoms with E-state index < -0.39 is 0 Å². The Labute approximate surface area is 522 Å². The van der Waals surface area contributed by atoms with Gasteiger partial charge in [0.25, 0.3) is 0 Å². The molecule has 0 amide bonds. The predicted octanol–water partition coefficient (Wildman–Crippen LogP) is 20.6. The Morgan fingerprint density at radius 1 is 0.524 bits per heavy atom. The van der Waals surface area contributed by atoms with Crippen LogP contribution in [0.1, 0.15) is 151 Å². The van der Waals surface area contributed by atoms with Crippen LogP contribution in [0, 0.1) is 91.2 Å². The summed E-state index contributed by atoms with van der Waals surface area (Å²) in [6.07, 6.45) is 13.6. The molecule has 2 radical (unpaired) electrons. The van der Waals surface area contributed by atoms with Gasteiger partial charge in [0.2, 0.25) is 0 Å². The summed E-state index contributed by atoms with van der Waals surface area (Å²) in [5, 5.41) is 21.9. The first-order valence-corrected chi connectivity index (χ1v) is 29.9. The SMILES string of the molecule is CCC(CC)C(=O)C=C(O)C(CC)CC.CCC(CC)C(=O)C=C(O)C(CC)CC.Cc1[c-]c(-c2nccc3c(C)c(-c4ccccc4C)oc23)cc(C)c1.Cc1[c-]c(-c2nccc3c(C)c(-c4ccccc4C)sc23)cc(C)c1.[Ir].[Ir]. The van der Waals surface area contributed by atoms with E-state index in [-0.39, 0.29) is 87.0 Å². The maximum atomic E-state index is 11.7. The number of furan rings is 1. The first-order valence-electron chi connectivity index (χ1n) is 29.1. The fraction of sp³-hybridized carbons (Fsp3) is 0.389. The number of aryl methyl sites for hydroxylation is 8. The predicted molar refractivity (Wildman–Crippen MR) is 339 cm³/mol. The Morgan fingerprint density at radius 3 is 1.35 bits per heavy atom. The Morgan fingerprint density at radius 2 is 0.927 bits per heavy atom. The maximum absolute atomic E-state index is 11.7. The van der Waals surface area contributed by atoms with Crippen molar-refractivity contribution in [1.82, 2.24) is 9.97 Å². The van der Waals surface area contributed by atoms with Gasteiger partial charge < -0.3 is 24.6 Å². The van der Waals surface area contributed by atoms with Gasteiger partial charge in [-0.05, 0) is 119 Å². The van der Waals surface area contributed by atoms with E-state index >= 15 is 0 Å². The van der Waals surface area contributed by atoms with Crippen molar-refractivity contribution in [1.29, 1.82) is 0 Å². The number of aromatic nitrogens is 2. The number of nitrogens with zero attached hydrogens (tertiary/aromatic N) is 2. The van der Waals surface area contributed by atoms with Gasteiger partial charge in [0.05, 0.1) is 11.5 Å². The average Bonchev–Trinajstić information content (AvgIpc) is 3.96. The molecule has 0 saturated carbocycles. The van der Waals surface area contributed by atoms with Crippen LogP contribution in [0.5, 0.6) is 0 Å². The van der Waals surface area contributed by atoms with E-state index in [9.17, 15) is 19.8 Å². The van der Waals surface area contributed by atoms with E-state index in [1.54, 1.807) is 0 Å². The number of carbonyl (C=O) groups is 2. The van der Waals surface area contributed by atoms with E-state index in [2.05, 4.69) is 139 Å². The van der Waals surface area contributed by atoms with Gasteiger partial charge in [0.15, 0.2) is 11.6 Å². The molecule has 0 atom stereocenters. The van der Waals surface area contributed by atoms with E-state index in [0.717, 1.165) is 113 Å². The number of fused-ring (bicyclic) bond motifs is 2. The zero-order valence-corrected chi connectivity index (χ0v) is 57.1. The van der Waals surface area contributed by atoms with Crippen molar-refractivity contribution in [3.8, 4) is 44.3 Å². The minimum absolute atomic E-state index is 0. The molecule has 0 aliphatic rings. The molecule has 10 heteroatoms. The van der Waals surface area contributed by atoms with Gasteiger partial charge in [-0.1, -0.05) is 132 Å². The Hall–Kier alpha value is -5.60. The molecule has 4 aromatic carbocycles. The molecule has 0 unspecified atom stereocenters. The molecule has 0 bridgehead atoms. The number of allylic oxidation sites excluding steroid dienone is 4. The molecule has 0 aliphatic carbocycles. The van der Waals surface area contributed by atoms with Crippen LogP contribution in [-0.2, 0) is 49.8 Å². The number of pyridine rings is 2. The number of aliphatic hydroxyl groups is 2. The average molecular weight is 1480 g/mol. The van der Waals surface area contributed by atoms with Crippen LogP contribution in [0.3, 0.4) is 0 Å². The monoisotopic (exact) mass is 1480 g/mol. The van der Waals surface area contributed by atoms with Gasteiger partial charge in [-0.2, -0.15) is 0 Å². The molecule has 82 heavy (non-hydrogen) atoms. The molecule has 0 spiro atoms. The van der Waals surface area contributed by atoms with Crippen LogP contribution in [0.25, 0.3) is 65.3 Å². The first-order chi connectivity index (χ1) is 38.3. The van der Waals surface area contributed by atoms with Crippen LogP contribution >= 0.6 is 11.3 Å².